The van der Waals surface area contributed by atoms with Gasteiger partial charge >= 0.3 is 0 Å². The van der Waals surface area contributed by atoms with Gasteiger partial charge in [-0.05, 0) is 50.0 Å². The molecule has 1 rings (SSSR count). The Morgan fingerprint density at radius 2 is 2.07 bits per heavy atom. The molecule has 0 bridgehead atoms. The first kappa shape index (κ1) is 12.6. The van der Waals surface area contributed by atoms with Crippen LogP contribution in [0.2, 0.25) is 19.6 Å². The van der Waals surface area contributed by atoms with Crippen molar-refractivity contribution < 1.29 is 4.43 Å². The highest BCUT2D eigenvalue weighted by molar-refractivity contribution is 6.70. The van der Waals surface area contributed by atoms with Crippen LogP contribution < -0.4 is 0 Å². The van der Waals surface area contributed by atoms with Crippen LogP contribution in [-0.2, 0) is 4.43 Å². The Kier molecular flexibility index (Phi) is 3.82. The number of hydrogen-bond acceptors (Lipinski definition) is 1. The summed E-state index contributed by atoms with van der Waals surface area (Å²) in [5.41, 5.74) is 0.362. The summed E-state index contributed by atoms with van der Waals surface area (Å²) >= 11 is 0. The second kappa shape index (κ2) is 4.56. The summed E-state index contributed by atoms with van der Waals surface area (Å²) < 4.78 is 5.96. The summed E-state index contributed by atoms with van der Waals surface area (Å²) in [5, 5.41) is 0. The number of hydrogen-bond donors (Lipinski definition) is 0. The van der Waals surface area contributed by atoms with Crippen LogP contribution >= 0.6 is 0 Å². The van der Waals surface area contributed by atoms with Crippen LogP contribution in [0.1, 0.15) is 33.1 Å². The van der Waals surface area contributed by atoms with Crippen molar-refractivity contribution in [3.63, 3.8) is 0 Å². The first-order chi connectivity index (χ1) is 6.85. The largest absolute Gasteiger partial charge is 0.545 e. The highest BCUT2D eigenvalue weighted by atomic mass is 28.4. The Morgan fingerprint density at radius 3 is 2.47 bits per heavy atom. The molecule has 0 aromatic carbocycles. The average molecular weight is 224 g/mol. The molecule has 1 nitrogen and oxygen atoms in total. The third-order valence-corrected chi connectivity index (χ3v) is 3.51. The standard InChI is InChI=1S/C13H24OSi/c1-6-9-13(2)10-7-12(8-11-13)14-15(3,4)5/h7-8,10H,6,9,11H2,1-5H3. The second-order valence-electron chi connectivity index (χ2n) is 5.76. The SMILES string of the molecule is CCCC1(C)C=CC(O[Si](C)(C)C)=CC1. The van der Waals surface area contributed by atoms with Gasteiger partial charge in [-0.1, -0.05) is 26.3 Å². The summed E-state index contributed by atoms with van der Waals surface area (Å²) in [7, 11) is -1.43. The van der Waals surface area contributed by atoms with E-state index in [9.17, 15) is 0 Å². The van der Waals surface area contributed by atoms with Crippen LogP contribution in [0.25, 0.3) is 0 Å². The molecular weight excluding hydrogens is 200 g/mol. The molecule has 0 aliphatic heterocycles. The second-order valence-corrected chi connectivity index (χ2v) is 10.2. The van der Waals surface area contributed by atoms with Crippen molar-refractivity contribution in [3.05, 3.63) is 24.0 Å². The lowest BCUT2D eigenvalue weighted by molar-refractivity contribution is 0.364. The van der Waals surface area contributed by atoms with Crippen molar-refractivity contribution >= 4 is 8.32 Å². The Balaban J connectivity index is 2.57. The summed E-state index contributed by atoms with van der Waals surface area (Å²) in [6, 6.07) is 0. The lowest BCUT2D eigenvalue weighted by Crippen LogP contribution is -2.25. The number of rotatable bonds is 4. The van der Waals surface area contributed by atoms with Crippen LogP contribution in [0, 0.1) is 5.41 Å². The van der Waals surface area contributed by atoms with E-state index in [0.29, 0.717) is 5.41 Å². The maximum atomic E-state index is 5.96. The van der Waals surface area contributed by atoms with Gasteiger partial charge < -0.3 is 4.43 Å². The van der Waals surface area contributed by atoms with Crippen molar-refractivity contribution in [2.24, 2.45) is 5.41 Å². The van der Waals surface area contributed by atoms with Crippen molar-refractivity contribution in [1.82, 2.24) is 0 Å². The zero-order valence-electron chi connectivity index (χ0n) is 10.8. The minimum atomic E-state index is -1.43. The highest BCUT2D eigenvalue weighted by Crippen LogP contribution is 2.34. The number of allylic oxidation sites excluding steroid dienone is 3. The molecule has 0 spiro atoms. The normalized spacial score (nSPS) is 26.3. The van der Waals surface area contributed by atoms with E-state index in [4.69, 9.17) is 4.43 Å². The van der Waals surface area contributed by atoms with Gasteiger partial charge in [0.25, 0.3) is 0 Å². The van der Waals surface area contributed by atoms with Gasteiger partial charge in [0.1, 0.15) is 0 Å². The Labute approximate surface area is 95.4 Å². The first-order valence-electron chi connectivity index (χ1n) is 5.93. The van der Waals surface area contributed by atoms with Crippen LogP contribution in [0.15, 0.2) is 24.0 Å². The predicted octanol–water partition coefficient (Wildman–Crippen LogP) is 4.49. The minimum absolute atomic E-state index is 0.362. The van der Waals surface area contributed by atoms with Gasteiger partial charge in [-0.15, -0.1) is 0 Å². The molecule has 0 heterocycles. The van der Waals surface area contributed by atoms with Crippen LogP contribution in [0.5, 0.6) is 0 Å². The molecular formula is C13H24OSi. The van der Waals surface area contributed by atoms with Gasteiger partial charge in [0.2, 0.25) is 8.32 Å². The monoisotopic (exact) mass is 224 g/mol. The quantitative estimate of drug-likeness (QED) is 0.639. The molecule has 0 aromatic heterocycles. The van der Waals surface area contributed by atoms with Crippen molar-refractivity contribution in [2.75, 3.05) is 0 Å². The Bertz CT molecular complexity index is 273. The molecule has 0 fully saturated rings. The smallest absolute Gasteiger partial charge is 0.242 e. The molecule has 2 heteroatoms. The molecule has 15 heavy (non-hydrogen) atoms. The molecule has 1 aliphatic rings. The van der Waals surface area contributed by atoms with E-state index in [-0.39, 0.29) is 0 Å². The topological polar surface area (TPSA) is 9.23 Å². The van der Waals surface area contributed by atoms with E-state index in [0.717, 1.165) is 12.2 Å². The van der Waals surface area contributed by atoms with Crippen molar-refractivity contribution in [1.29, 1.82) is 0 Å². The third-order valence-electron chi connectivity index (χ3n) is 2.66. The summed E-state index contributed by atoms with van der Waals surface area (Å²) in [6.45, 7) is 11.2. The lowest BCUT2D eigenvalue weighted by atomic mass is 9.80. The van der Waals surface area contributed by atoms with Gasteiger partial charge in [0, 0.05) is 0 Å². The van der Waals surface area contributed by atoms with Gasteiger partial charge in [0.15, 0.2) is 0 Å². The van der Waals surface area contributed by atoms with E-state index in [2.05, 4.69) is 51.7 Å². The fourth-order valence-corrected chi connectivity index (χ4v) is 2.80. The predicted molar refractivity (Wildman–Crippen MR) is 69.3 cm³/mol. The zero-order valence-corrected chi connectivity index (χ0v) is 11.8. The maximum Gasteiger partial charge on any atom is 0.242 e. The Hall–Kier alpha value is -0.503. The van der Waals surface area contributed by atoms with E-state index in [1.165, 1.54) is 12.8 Å². The van der Waals surface area contributed by atoms with Gasteiger partial charge in [-0.3, -0.25) is 0 Å². The lowest BCUT2D eigenvalue weighted by Gasteiger charge is -2.29. The fourth-order valence-electron chi connectivity index (χ4n) is 1.94. The van der Waals surface area contributed by atoms with Gasteiger partial charge in [-0.2, -0.15) is 0 Å². The van der Waals surface area contributed by atoms with E-state index < -0.39 is 8.32 Å². The zero-order chi connectivity index (χ0) is 11.5. The van der Waals surface area contributed by atoms with E-state index in [1.54, 1.807) is 0 Å². The summed E-state index contributed by atoms with van der Waals surface area (Å²) in [6.07, 6.45) is 10.4. The summed E-state index contributed by atoms with van der Waals surface area (Å²) in [4.78, 5) is 0. The van der Waals surface area contributed by atoms with Crippen LogP contribution in [0.4, 0.5) is 0 Å². The highest BCUT2D eigenvalue weighted by Gasteiger charge is 2.24. The van der Waals surface area contributed by atoms with E-state index in [1.807, 2.05) is 0 Å². The first-order valence-corrected chi connectivity index (χ1v) is 9.34. The fraction of sp³-hybridized carbons (Fsp3) is 0.692. The molecule has 0 aromatic rings. The molecule has 1 unspecified atom stereocenters. The third kappa shape index (κ3) is 4.25. The van der Waals surface area contributed by atoms with Gasteiger partial charge in [-0.25, -0.2) is 0 Å². The van der Waals surface area contributed by atoms with Crippen LogP contribution in [0.3, 0.4) is 0 Å². The van der Waals surface area contributed by atoms with E-state index >= 15 is 0 Å². The molecule has 0 N–H and O–H groups in total. The maximum absolute atomic E-state index is 5.96. The Morgan fingerprint density at radius 1 is 1.40 bits per heavy atom. The van der Waals surface area contributed by atoms with Crippen LogP contribution in [-0.4, -0.2) is 8.32 Å². The minimum Gasteiger partial charge on any atom is -0.545 e. The summed E-state index contributed by atoms with van der Waals surface area (Å²) in [5.74, 6) is 1.09. The molecule has 0 saturated heterocycles. The van der Waals surface area contributed by atoms with Gasteiger partial charge in [0.05, 0.1) is 5.76 Å². The molecule has 86 valence electrons. The van der Waals surface area contributed by atoms with Crippen molar-refractivity contribution in [2.45, 2.75) is 52.8 Å². The van der Waals surface area contributed by atoms with Crippen molar-refractivity contribution in [3.8, 4) is 0 Å². The molecule has 0 saturated carbocycles. The molecule has 1 atom stereocenters. The molecule has 0 amide bonds. The molecule has 1 aliphatic carbocycles. The molecule has 0 radical (unpaired) electrons. The average Bonchev–Trinajstić information content (AvgIpc) is 2.08.